The Balaban J connectivity index is 0.000000212. The van der Waals surface area contributed by atoms with Crippen LogP contribution in [0.25, 0.3) is 32.5 Å². The van der Waals surface area contributed by atoms with E-state index in [4.69, 9.17) is 14.0 Å². The average Bonchev–Trinajstić information content (AvgIpc) is 4.01. The van der Waals surface area contributed by atoms with Crippen molar-refractivity contribution in [2.24, 2.45) is 0 Å². The van der Waals surface area contributed by atoms with Crippen LogP contribution in [0.2, 0.25) is 0 Å². The molecule has 0 atom stereocenters. The fourth-order valence-corrected chi connectivity index (χ4v) is 9.74. The molecule has 8 rings (SSSR count). The summed E-state index contributed by atoms with van der Waals surface area (Å²) in [5.74, 6) is -0.402. The lowest BCUT2D eigenvalue weighted by molar-refractivity contribution is 0.00578. The zero-order valence-corrected chi connectivity index (χ0v) is 37.2. The van der Waals surface area contributed by atoms with E-state index < -0.39 is 44.3 Å². The van der Waals surface area contributed by atoms with Gasteiger partial charge in [0.15, 0.2) is 11.3 Å². The van der Waals surface area contributed by atoms with Crippen LogP contribution >= 0.6 is 11.3 Å². The predicted molar refractivity (Wildman–Crippen MR) is 238 cm³/mol. The van der Waals surface area contributed by atoms with Gasteiger partial charge in [0.05, 0.1) is 28.1 Å². The van der Waals surface area contributed by atoms with Crippen molar-refractivity contribution in [1.29, 1.82) is 0 Å². The molecule has 1 saturated heterocycles. The third-order valence-electron chi connectivity index (χ3n) is 10.1. The molecule has 303 valence electrons. The molecule has 12 nitrogen and oxygen atoms in total. The molecular weight excluding hydrogens is 846 g/mol. The summed E-state index contributed by atoms with van der Waals surface area (Å²) in [5.41, 5.74) is 3.28. The van der Waals surface area contributed by atoms with Crippen LogP contribution in [-0.4, -0.2) is 74.6 Å². The van der Waals surface area contributed by atoms with E-state index in [-0.39, 0.29) is 18.2 Å². The minimum Gasteiger partial charge on any atom is -0.465 e. The number of hydrogen-bond donors (Lipinski definition) is 0. The van der Waals surface area contributed by atoms with Crippen LogP contribution in [0.15, 0.2) is 120 Å². The van der Waals surface area contributed by atoms with Gasteiger partial charge in [-0.15, -0.1) is 11.3 Å². The molecule has 7 aromatic rings. The Kier molecular flexibility index (Phi) is 13.5. The lowest BCUT2D eigenvalue weighted by Gasteiger charge is -2.32. The molecule has 0 aliphatic carbocycles. The highest BCUT2D eigenvalue weighted by Crippen LogP contribution is 2.37. The summed E-state index contributed by atoms with van der Waals surface area (Å²) in [4.78, 5) is 22.1. The Labute approximate surface area is 360 Å². The number of carbonyl (C=O) groups is 1. The van der Waals surface area contributed by atoms with Gasteiger partial charge in [0, 0.05) is 76.8 Å². The molecule has 0 amide bonds. The SMILES string of the molecule is COC(=O)c1ccc(-c2ccnc3c2ccn3S(=O)(=O)c2ccc(C)cc2)s1.Cc1ccc(S(=O)(=O)n2ccc3c(B4OC(C)(C)C(C)(C)O4)ccnc32)cc1.S=S.[B]. The fourth-order valence-electron chi connectivity index (χ4n) is 6.17. The first kappa shape index (κ1) is 45.5. The fraction of sp³-hybridized carbons (Fsp3) is 0.225. The van der Waals surface area contributed by atoms with E-state index in [0.29, 0.717) is 26.9 Å². The molecule has 1 aliphatic rings. The summed E-state index contributed by atoms with van der Waals surface area (Å²) in [6.07, 6.45) is 6.19. The Morgan fingerprint density at radius 2 is 1.15 bits per heavy atom. The Hall–Kier alpha value is -4.62. The van der Waals surface area contributed by atoms with Crippen molar-refractivity contribution in [2.75, 3.05) is 7.11 Å². The van der Waals surface area contributed by atoms with Crippen molar-refractivity contribution in [3.63, 3.8) is 0 Å². The van der Waals surface area contributed by atoms with Crippen molar-refractivity contribution in [3.8, 4) is 10.4 Å². The number of hydrogen-bond acceptors (Lipinski definition) is 13. The summed E-state index contributed by atoms with van der Waals surface area (Å²) >= 11 is 8.62. The van der Waals surface area contributed by atoms with Crippen LogP contribution in [0, 0.1) is 13.8 Å². The monoisotopic (exact) mass is 885 g/mol. The molecule has 0 saturated carbocycles. The van der Waals surface area contributed by atoms with Gasteiger partial charge in [0.2, 0.25) is 0 Å². The molecule has 0 unspecified atom stereocenters. The molecular formula is C40H39B2N4O8S5. The first-order chi connectivity index (χ1) is 27.4. The van der Waals surface area contributed by atoms with Gasteiger partial charge in [-0.3, -0.25) is 0 Å². The smallest absolute Gasteiger partial charge is 0.465 e. The highest BCUT2D eigenvalue weighted by molar-refractivity contribution is 8.07. The largest absolute Gasteiger partial charge is 0.495 e. The van der Waals surface area contributed by atoms with Crippen molar-refractivity contribution in [2.45, 2.75) is 62.5 Å². The van der Waals surface area contributed by atoms with E-state index in [1.807, 2.05) is 53.7 Å². The number of esters is 1. The topological polar surface area (TPSA) is 149 Å². The number of ether oxygens (including phenoxy) is 1. The molecule has 0 N–H and O–H groups in total. The maximum Gasteiger partial charge on any atom is 0.495 e. The first-order valence-corrected chi connectivity index (χ1v) is 22.7. The van der Waals surface area contributed by atoms with Crippen LogP contribution in [0.4, 0.5) is 0 Å². The molecule has 1 aliphatic heterocycles. The number of fused-ring (bicyclic) bond motifs is 2. The normalized spacial score (nSPS) is 14.5. The summed E-state index contributed by atoms with van der Waals surface area (Å²) < 4.78 is 71.8. The van der Waals surface area contributed by atoms with Crippen molar-refractivity contribution >= 4 is 103 Å². The predicted octanol–water partition coefficient (Wildman–Crippen LogP) is 6.59. The number of methoxy groups -OCH3 is 1. The third kappa shape index (κ3) is 8.68. The quantitative estimate of drug-likeness (QED) is 0.126. The number of nitrogens with zero attached hydrogens (tertiary/aromatic N) is 4. The lowest BCUT2D eigenvalue weighted by atomic mass is 9.78. The number of aromatic nitrogens is 4. The van der Waals surface area contributed by atoms with E-state index in [0.717, 1.165) is 27.0 Å². The van der Waals surface area contributed by atoms with Gasteiger partial charge in [0.1, 0.15) is 4.88 Å². The maximum absolute atomic E-state index is 13.1. The zero-order chi connectivity index (χ0) is 42.2. The highest BCUT2D eigenvalue weighted by atomic mass is 32.8. The third-order valence-corrected chi connectivity index (χ3v) is 14.5. The molecule has 3 radical (unpaired) electrons. The second kappa shape index (κ2) is 17.5. The average molecular weight is 886 g/mol. The number of carbonyl (C=O) groups excluding carboxylic acids is 1. The van der Waals surface area contributed by atoms with Crippen LogP contribution in [0.3, 0.4) is 0 Å². The number of benzene rings is 2. The molecule has 1 fully saturated rings. The van der Waals surface area contributed by atoms with Crippen LogP contribution < -0.4 is 5.46 Å². The molecule has 5 aromatic heterocycles. The van der Waals surface area contributed by atoms with Gasteiger partial charge in [-0.2, -0.15) is 0 Å². The van der Waals surface area contributed by atoms with Gasteiger partial charge in [-0.05, 0) is 108 Å². The molecule has 19 heteroatoms. The standard InChI is InChI=1S/C20H23BN2O4S.C20H16N2O4S2.B.S2/c1-14-6-8-15(9-7-14)28(24,25)23-13-11-16-17(10-12-22-18(16)23)21-26-19(2,3)20(4,5)27-21;1-13-3-5-14(6-4-13)28(24,25)22-12-10-16-15(9-11-21-19(16)22)17-7-8-18(27-17)20(23)26-2;;1-2/h6-13H,1-5H3;3-12H,1-2H3;;. The summed E-state index contributed by atoms with van der Waals surface area (Å²) in [6, 6.07) is 24.1. The van der Waals surface area contributed by atoms with Crippen molar-refractivity contribution in [3.05, 3.63) is 126 Å². The summed E-state index contributed by atoms with van der Waals surface area (Å²) in [7, 11) is -6.77. The Morgan fingerprint density at radius 1 is 0.695 bits per heavy atom. The number of pyridine rings is 2. The van der Waals surface area contributed by atoms with Crippen LogP contribution in [-0.2, 0) is 56.5 Å². The Morgan fingerprint density at radius 3 is 1.64 bits per heavy atom. The second-order valence-electron chi connectivity index (χ2n) is 14.3. The first-order valence-electron chi connectivity index (χ1n) is 17.7. The Bertz CT molecular complexity index is 2840. The number of rotatable bonds is 7. The zero-order valence-electron chi connectivity index (χ0n) is 33.1. The van der Waals surface area contributed by atoms with Gasteiger partial charge >= 0.3 is 13.1 Å². The summed E-state index contributed by atoms with van der Waals surface area (Å²) in [6.45, 7) is 11.8. The highest BCUT2D eigenvalue weighted by Gasteiger charge is 2.52. The lowest BCUT2D eigenvalue weighted by Crippen LogP contribution is -2.41. The minimum atomic E-state index is -3.77. The van der Waals surface area contributed by atoms with Gasteiger partial charge < -0.3 is 14.0 Å². The van der Waals surface area contributed by atoms with Crippen molar-refractivity contribution in [1.82, 2.24) is 17.9 Å². The second-order valence-corrected chi connectivity index (χ2v) is 19.0. The van der Waals surface area contributed by atoms with E-state index in [1.54, 1.807) is 85.2 Å². The molecule has 0 bridgehead atoms. The van der Waals surface area contributed by atoms with E-state index >= 15 is 0 Å². The van der Waals surface area contributed by atoms with Gasteiger partial charge in [0.25, 0.3) is 20.0 Å². The van der Waals surface area contributed by atoms with E-state index in [9.17, 15) is 21.6 Å². The van der Waals surface area contributed by atoms with Gasteiger partial charge in [-0.1, -0.05) is 35.4 Å². The molecule has 2 aromatic carbocycles. The van der Waals surface area contributed by atoms with Gasteiger partial charge in [-0.25, -0.2) is 39.5 Å². The molecule has 0 spiro atoms. The van der Waals surface area contributed by atoms with Crippen molar-refractivity contribution < 1.29 is 35.7 Å². The number of aryl methyl sites for hydroxylation is 2. The van der Waals surface area contributed by atoms with Crippen LogP contribution in [0.1, 0.15) is 48.5 Å². The summed E-state index contributed by atoms with van der Waals surface area (Å²) in [5, 5.41) is 1.38. The van der Waals surface area contributed by atoms with E-state index in [2.05, 4.69) is 32.3 Å². The van der Waals surface area contributed by atoms with E-state index in [1.165, 1.54) is 38.8 Å². The maximum atomic E-state index is 13.1. The molecule has 6 heterocycles. The number of thiophene rings is 1. The minimum absolute atomic E-state index is 0. The molecule has 59 heavy (non-hydrogen) atoms. The van der Waals surface area contributed by atoms with Crippen LogP contribution in [0.5, 0.6) is 0 Å².